The van der Waals surface area contributed by atoms with E-state index >= 15 is 0 Å². The number of benzene rings is 1. The number of nitrogens with zero attached hydrogens (tertiary/aromatic N) is 1. The molecule has 1 aliphatic heterocycles. The summed E-state index contributed by atoms with van der Waals surface area (Å²) in [4.78, 5) is 4.71. The molecule has 2 aromatic rings. The predicted octanol–water partition coefficient (Wildman–Crippen LogP) is 3.96. The number of thiazole rings is 1. The molecule has 3 rings (SSSR count). The van der Waals surface area contributed by atoms with Crippen molar-refractivity contribution in [2.45, 2.75) is 29.4 Å². The lowest BCUT2D eigenvalue weighted by molar-refractivity contribution is 0.341. The van der Waals surface area contributed by atoms with Gasteiger partial charge < -0.3 is 10.1 Å². The van der Waals surface area contributed by atoms with Gasteiger partial charge in [-0.1, -0.05) is 11.8 Å². The summed E-state index contributed by atoms with van der Waals surface area (Å²) >= 11 is 3.72. The summed E-state index contributed by atoms with van der Waals surface area (Å²) in [5.74, 6) is 0.942. The van der Waals surface area contributed by atoms with Gasteiger partial charge in [-0.3, -0.25) is 0 Å². The molecule has 1 N–H and O–H groups in total. The number of rotatable bonds is 4. The molecule has 1 saturated heterocycles. The van der Waals surface area contributed by atoms with E-state index in [1.807, 2.05) is 24.8 Å². The van der Waals surface area contributed by atoms with Crippen LogP contribution in [0.25, 0.3) is 10.2 Å². The van der Waals surface area contributed by atoms with E-state index in [-0.39, 0.29) is 12.4 Å². The van der Waals surface area contributed by atoms with Gasteiger partial charge in [-0.25, -0.2) is 4.98 Å². The molecule has 0 bridgehead atoms. The monoisotopic (exact) mass is 330 g/mol. The first-order valence-electron chi connectivity index (χ1n) is 6.76. The molecule has 1 aliphatic rings. The van der Waals surface area contributed by atoms with Gasteiger partial charge in [0.25, 0.3) is 0 Å². The number of ether oxygens (including phenoxy) is 1. The maximum Gasteiger partial charge on any atom is 0.151 e. The van der Waals surface area contributed by atoms with Crippen molar-refractivity contribution in [1.29, 1.82) is 0 Å². The number of nitrogens with one attached hydrogen (secondary N) is 1. The quantitative estimate of drug-likeness (QED) is 0.920. The van der Waals surface area contributed by atoms with Crippen molar-refractivity contribution in [3.63, 3.8) is 0 Å². The summed E-state index contributed by atoms with van der Waals surface area (Å²) in [7, 11) is 0. The van der Waals surface area contributed by atoms with Crippen molar-refractivity contribution >= 4 is 45.7 Å². The molecule has 0 radical (unpaired) electrons. The number of fused-ring (bicyclic) bond motifs is 1. The molecule has 0 aliphatic carbocycles. The van der Waals surface area contributed by atoms with Crippen molar-refractivity contribution in [2.24, 2.45) is 0 Å². The van der Waals surface area contributed by atoms with Crippen LogP contribution in [0.4, 0.5) is 0 Å². The Labute approximate surface area is 133 Å². The average molecular weight is 331 g/mol. The lowest BCUT2D eigenvalue weighted by Crippen LogP contribution is -2.29. The first-order valence-corrected chi connectivity index (χ1v) is 8.45. The molecule has 20 heavy (non-hydrogen) atoms. The zero-order valence-electron chi connectivity index (χ0n) is 11.4. The van der Waals surface area contributed by atoms with Gasteiger partial charge in [0, 0.05) is 5.25 Å². The van der Waals surface area contributed by atoms with Gasteiger partial charge in [-0.05, 0) is 51.1 Å². The Kier molecular flexibility index (Phi) is 5.96. The number of hydrogen-bond acceptors (Lipinski definition) is 5. The van der Waals surface area contributed by atoms with Crippen molar-refractivity contribution in [3.05, 3.63) is 18.2 Å². The Morgan fingerprint density at radius 1 is 1.40 bits per heavy atom. The van der Waals surface area contributed by atoms with Gasteiger partial charge in [0.05, 0.1) is 16.8 Å². The van der Waals surface area contributed by atoms with Crippen molar-refractivity contribution in [2.75, 3.05) is 19.7 Å². The van der Waals surface area contributed by atoms with Gasteiger partial charge in [-0.2, -0.15) is 0 Å². The molecule has 1 aromatic carbocycles. The van der Waals surface area contributed by atoms with E-state index in [1.54, 1.807) is 11.3 Å². The molecule has 110 valence electrons. The van der Waals surface area contributed by atoms with Crippen LogP contribution < -0.4 is 10.1 Å². The van der Waals surface area contributed by atoms with Gasteiger partial charge in [0.15, 0.2) is 4.34 Å². The fourth-order valence-corrected chi connectivity index (χ4v) is 4.75. The SMILES string of the molecule is CCOc1ccc2nc(SC3CCNCC3)sc2c1.Cl. The van der Waals surface area contributed by atoms with Crippen molar-refractivity contribution in [3.8, 4) is 5.75 Å². The summed E-state index contributed by atoms with van der Waals surface area (Å²) in [6.45, 7) is 4.99. The molecule has 1 fully saturated rings. The second kappa shape index (κ2) is 7.50. The standard InChI is InChI=1S/C14H18N2OS2.ClH/c1-2-17-10-3-4-12-13(9-10)19-14(16-12)18-11-5-7-15-8-6-11;/h3-4,9,11,15H,2,5-8H2,1H3;1H. The van der Waals surface area contributed by atoms with Crippen LogP contribution in [0.1, 0.15) is 19.8 Å². The lowest BCUT2D eigenvalue weighted by atomic mass is 10.2. The third kappa shape index (κ3) is 3.79. The first-order chi connectivity index (χ1) is 9.35. The van der Waals surface area contributed by atoms with Crippen LogP contribution in [-0.4, -0.2) is 29.9 Å². The van der Waals surface area contributed by atoms with Crippen LogP contribution in [0.2, 0.25) is 0 Å². The molecular weight excluding hydrogens is 312 g/mol. The minimum Gasteiger partial charge on any atom is -0.494 e. The zero-order chi connectivity index (χ0) is 13.1. The van der Waals surface area contributed by atoms with Crippen LogP contribution in [0.3, 0.4) is 0 Å². The van der Waals surface area contributed by atoms with Gasteiger partial charge in [0.1, 0.15) is 5.75 Å². The Bertz CT molecular complexity index is 555. The van der Waals surface area contributed by atoms with Gasteiger partial charge >= 0.3 is 0 Å². The molecule has 0 spiro atoms. The minimum absolute atomic E-state index is 0. The third-order valence-corrected chi connectivity index (χ3v) is 5.65. The molecule has 0 atom stereocenters. The third-order valence-electron chi connectivity index (χ3n) is 3.20. The van der Waals surface area contributed by atoms with E-state index in [2.05, 4.69) is 17.4 Å². The van der Waals surface area contributed by atoms with E-state index in [0.29, 0.717) is 11.9 Å². The molecule has 0 amide bonds. The highest BCUT2D eigenvalue weighted by Gasteiger charge is 2.16. The maximum absolute atomic E-state index is 5.54. The van der Waals surface area contributed by atoms with E-state index in [9.17, 15) is 0 Å². The Morgan fingerprint density at radius 3 is 2.95 bits per heavy atom. The molecule has 3 nitrogen and oxygen atoms in total. The molecule has 0 saturated carbocycles. The summed E-state index contributed by atoms with van der Waals surface area (Å²) < 4.78 is 7.95. The Morgan fingerprint density at radius 2 is 2.20 bits per heavy atom. The largest absolute Gasteiger partial charge is 0.494 e. The highest BCUT2D eigenvalue weighted by Crippen LogP contribution is 2.35. The second-order valence-corrected chi connectivity index (χ2v) is 7.19. The van der Waals surface area contributed by atoms with E-state index in [4.69, 9.17) is 9.72 Å². The van der Waals surface area contributed by atoms with Crippen LogP contribution in [-0.2, 0) is 0 Å². The number of halogens is 1. The van der Waals surface area contributed by atoms with Gasteiger partial charge in [0.2, 0.25) is 0 Å². The summed E-state index contributed by atoms with van der Waals surface area (Å²) in [5, 5.41) is 4.12. The molecule has 2 heterocycles. The number of thioether (sulfide) groups is 1. The number of aromatic nitrogens is 1. The lowest BCUT2D eigenvalue weighted by Gasteiger charge is -2.20. The molecule has 6 heteroatoms. The number of piperidine rings is 1. The summed E-state index contributed by atoms with van der Waals surface area (Å²) in [6.07, 6.45) is 2.48. The van der Waals surface area contributed by atoms with Crippen molar-refractivity contribution in [1.82, 2.24) is 10.3 Å². The number of hydrogen-bond donors (Lipinski definition) is 1. The zero-order valence-corrected chi connectivity index (χ0v) is 13.9. The highest BCUT2D eigenvalue weighted by molar-refractivity contribution is 8.01. The predicted molar refractivity (Wildman–Crippen MR) is 89.8 cm³/mol. The topological polar surface area (TPSA) is 34.1 Å². The fourth-order valence-electron chi connectivity index (χ4n) is 2.25. The van der Waals surface area contributed by atoms with Crippen molar-refractivity contribution < 1.29 is 4.74 Å². The minimum atomic E-state index is 0. The van der Waals surface area contributed by atoms with Gasteiger partial charge in [-0.15, -0.1) is 23.7 Å². The van der Waals surface area contributed by atoms with Crippen LogP contribution >= 0.6 is 35.5 Å². The van der Waals surface area contributed by atoms with Crippen LogP contribution in [0.5, 0.6) is 5.75 Å². The Hall–Kier alpha value is -0.490. The van der Waals surface area contributed by atoms with Crippen LogP contribution in [0, 0.1) is 0 Å². The average Bonchev–Trinajstić information content (AvgIpc) is 2.82. The van der Waals surface area contributed by atoms with E-state index in [1.165, 1.54) is 21.9 Å². The molecular formula is C14H19ClN2OS2. The summed E-state index contributed by atoms with van der Waals surface area (Å²) in [6, 6.07) is 6.16. The Balaban J connectivity index is 0.00000147. The highest BCUT2D eigenvalue weighted by atomic mass is 35.5. The smallest absolute Gasteiger partial charge is 0.151 e. The second-order valence-electron chi connectivity index (χ2n) is 4.61. The fraction of sp³-hybridized carbons (Fsp3) is 0.500. The summed E-state index contributed by atoms with van der Waals surface area (Å²) in [5.41, 5.74) is 1.09. The molecule has 1 aromatic heterocycles. The van der Waals surface area contributed by atoms with E-state index < -0.39 is 0 Å². The maximum atomic E-state index is 5.54. The van der Waals surface area contributed by atoms with Crippen LogP contribution in [0.15, 0.2) is 22.5 Å². The normalized spacial score (nSPS) is 16.1. The van der Waals surface area contributed by atoms with E-state index in [0.717, 1.165) is 24.4 Å². The first kappa shape index (κ1) is 15.9. The molecule has 0 unspecified atom stereocenters.